The molecule has 1 aliphatic rings. The van der Waals surface area contributed by atoms with Crippen molar-refractivity contribution in [1.82, 2.24) is 10.3 Å². The van der Waals surface area contributed by atoms with E-state index in [4.69, 9.17) is 4.74 Å². The van der Waals surface area contributed by atoms with Gasteiger partial charge in [0.2, 0.25) is 0 Å². The molecule has 0 spiro atoms. The molecule has 0 radical (unpaired) electrons. The van der Waals surface area contributed by atoms with Gasteiger partial charge in [-0.1, -0.05) is 13.8 Å². The third kappa shape index (κ3) is 2.56. The average Bonchev–Trinajstić information content (AvgIpc) is 2.69. The highest BCUT2D eigenvalue weighted by Crippen LogP contribution is 2.27. The average molecular weight is 226 g/mol. The predicted octanol–water partition coefficient (Wildman–Crippen LogP) is 2.22. The number of rotatable bonds is 5. The first-order valence-corrected chi connectivity index (χ1v) is 6.32. The lowest BCUT2D eigenvalue weighted by atomic mass is 9.88. The molecule has 2 heterocycles. The molecule has 1 saturated heterocycles. The molecule has 3 nitrogen and oxygen atoms in total. The van der Waals surface area contributed by atoms with E-state index in [9.17, 15) is 0 Å². The van der Waals surface area contributed by atoms with Crippen LogP contribution in [0.2, 0.25) is 0 Å². The van der Waals surface area contributed by atoms with Crippen LogP contribution in [0.1, 0.15) is 31.3 Å². The zero-order valence-electron chi connectivity index (χ0n) is 9.32. The first-order valence-electron chi connectivity index (χ1n) is 5.44. The fourth-order valence-electron chi connectivity index (χ4n) is 1.74. The summed E-state index contributed by atoms with van der Waals surface area (Å²) in [7, 11) is 0. The number of hydrogen-bond donors (Lipinski definition) is 1. The molecule has 0 amide bonds. The molecule has 15 heavy (non-hydrogen) atoms. The van der Waals surface area contributed by atoms with E-state index in [0.29, 0.717) is 11.5 Å². The van der Waals surface area contributed by atoms with Crippen LogP contribution in [0.3, 0.4) is 0 Å². The van der Waals surface area contributed by atoms with Gasteiger partial charge in [-0.25, -0.2) is 4.98 Å². The van der Waals surface area contributed by atoms with E-state index >= 15 is 0 Å². The highest BCUT2D eigenvalue weighted by atomic mass is 32.1. The van der Waals surface area contributed by atoms with Crippen molar-refractivity contribution in [1.29, 1.82) is 0 Å². The van der Waals surface area contributed by atoms with Gasteiger partial charge in [0.15, 0.2) is 0 Å². The van der Waals surface area contributed by atoms with Gasteiger partial charge in [-0.05, 0) is 6.42 Å². The standard InChI is InChI=1S/C11H18N2OS/c1-3-9(10-12-4-5-15-10)13-6-11(2)7-14-8-11/h4-5,9,13H,3,6-8H2,1-2H3. The molecule has 84 valence electrons. The Balaban J connectivity index is 1.86. The summed E-state index contributed by atoms with van der Waals surface area (Å²) in [4.78, 5) is 4.36. The fraction of sp³-hybridized carbons (Fsp3) is 0.727. The van der Waals surface area contributed by atoms with Crippen LogP contribution in [0.5, 0.6) is 0 Å². The molecular formula is C11H18N2OS. The topological polar surface area (TPSA) is 34.1 Å². The predicted molar refractivity (Wildman–Crippen MR) is 62.1 cm³/mol. The number of ether oxygens (including phenoxy) is 1. The van der Waals surface area contributed by atoms with Crippen LogP contribution < -0.4 is 5.32 Å². The lowest BCUT2D eigenvalue weighted by molar-refractivity contribution is -0.100. The second-order valence-electron chi connectivity index (χ2n) is 4.52. The summed E-state index contributed by atoms with van der Waals surface area (Å²) in [6.45, 7) is 7.24. The van der Waals surface area contributed by atoms with Gasteiger partial charge in [0.05, 0.1) is 19.3 Å². The minimum atomic E-state index is 0.338. The van der Waals surface area contributed by atoms with E-state index in [1.807, 2.05) is 11.6 Å². The van der Waals surface area contributed by atoms with Crippen LogP contribution in [-0.2, 0) is 4.74 Å². The monoisotopic (exact) mass is 226 g/mol. The Bertz CT molecular complexity index is 296. The lowest BCUT2D eigenvalue weighted by Gasteiger charge is -2.39. The molecule has 1 aliphatic heterocycles. The van der Waals surface area contributed by atoms with Crippen LogP contribution in [0.25, 0.3) is 0 Å². The Morgan fingerprint density at radius 1 is 1.67 bits per heavy atom. The summed E-state index contributed by atoms with van der Waals surface area (Å²) < 4.78 is 5.24. The van der Waals surface area contributed by atoms with E-state index in [1.165, 1.54) is 5.01 Å². The molecule has 0 saturated carbocycles. The van der Waals surface area contributed by atoms with E-state index in [0.717, 1.165) is 26.2 Å². The number of hydrogen-bond acceptors (Lipinski definition) is 4. The Hall–Kier alpha value is -0.450. The van der Waals surface area contributed by atoms with Gasteiger partial charge in [-0.3, -0.25) is 0 Å². The maximum Gasteiger partial charge on any atom is 0.109 e. The molecule has 0 aliphatic carbocycles. The number of nitrogens with one attached hydrogen (secondary N) is 1. The Morgan fingerprint density at radius 3 is 2.93 bits per heavy atom. The number of aromatic nitrogens is 1. The van der Waals surface area contributed by atoms with Gasteiger partial charge in [0, 0.05) is 23.5 Å². The van der Waals surface area contributed by atoms with E-state index in [2.05, 4.69) is 24.1 Å². The fourth-order valence-corrected chi connectivity index (χ4v) is 2.53. The number of nitrogens with zero attached hydrogens (tertiary/aromatic N) is 1. The van der Waals surface area contributed by atoms with Crippen LogP contribution >= 0.6 is 11.3 Å². The largest absolute Gasteiger partial charge is 0.380 e. The van der Waals surface area contributed by atoms with Gasteiger partial charge in [-0.2, -0.15) is 0 Å². The van der Waals surface area contributed by atoms with E-state index in [1.54, 1.807) is 11.3 Å². The van der Waals surface area contributed by atoms with Crippen LogP contribution in [0, 0.1) is 5.41 Å². The summed E-state index contributed by atoms with van der Waals surface area (Å²) >= 11 is 1.73. The summed E-state index contributed by atoms with van der Waals surface area (Å²) in [5.41, 5.74) is 0.338. The van der Waals surface area contributed by atoms with Crippen molar-refractivity contribution in [2.75, 3.05) is 19.8 Å². The van der Waals surface area contributed by atoms with Crippen molar-refractivity contribution in [2.24, 2.45) is 5.41 Å². The molecule has 0 bridgehead atoms. The lowest BCUT2D eigenvalue weighted by Crippen LogP contribution is -2.47. The summed E-state index contributed by atoms with van der Waals surface area (Å²) in [6.07, 6.45) is 2.96. The summed E-state index contributed by atoms with van der Waals surface area (Å²) in [6, 6.07) is 0.405. The van der Waals surface area contributed by atoms with Gasteiger partial charge in [-0.15, -0.1) is 11.3 Å². The maximum atomic E-state index is 5.24. The molecule has 4 heteroatoms. The van der Waals surface area contributed by atoms with Crippen molar-refractivity contribution < 1.29 is 4.74 Å². The molecule has 0 aromatic carbocycles. The zero-order valence-corrected chi connectivity index (χ0v) is 10.1. The maximum absolute atomic E-state index is 5.24. The minimum Gasteiger partial charge on any atom is -0.380 e. The highest BCUT2D eigenvalue weighted by molar-refractivity contribution is 7.09. The van der Waals surface area contributed by atoms with Crippen LogP contribution in [0.4, 0.5) is 0 Å². The molecule has 1 N–H and O–H groups in total. The van der Waals surface area contributed by atoms with E-state index in [-0.39, 0.29) is 0 Å². The molecular weight excluding hydrogens is 208 g/mol. The second-order valence-corrected chi connectivity index (χ2v) is 5.44. The first-order chi connectivity index (χ1) is 7.23. The number of thiazole rings is 1. The first kappa shape index (κ1) is 11.0. The van der Waals surface area contributed by atoms with Crippen molar-refractivity contribution in [3.63, 3.8) is 0 Å². The van der Waals surface area contributed by atoms with Crippen molar-refractivity contribution >= 4 is 11.3 Å². The smallest absolute Gasteiger partial charge is 0.109 e. The van der Waals surface area contributed by atoms with Gasteiger partial charge in [0.1, 0.15) is 5.01 Å². The molecule has 1 aromatic heterocycles. The van der Waals surface area contributed by atoms with Gasteiger partial charge >= 0.3 is 0 Å². The van der Waals surface area contributed by atoms with E-state index < -0.39 is 0 Å². The van der Waals surface area contributed by atoms with Crippen molar-refractivity contribution in [3.05, 3.63) is 16.6 Å². The third-order valence-corrected chi connectivity index (χ3v) is 3.72. The molecule has 1 fully saturated rings. The molecule has 1 unspecified atom stereocenters. The molecule has 1 aromatic rings. The van der Waals surface area contributed by atoms with Crippen LogP contribution in [-0.4, -0.2) is 24.7 Å². The van der Waals surface area contributed by atoms with Gasteiger partial charge < -0.3 is 10.1 Å². The second kappa shape index (κ2) is 4.60. The highest BCUT2D eigenvalue weighted by Gasteiger charge is 2.33. The SMILES string of the molecule is CCC(NCC1(C)COC1)c1nccs1. The minimum absolute atomic E-state index is 0.338. The Morgan fingerprint density at radius 2 is 2.47 bits per heavy atom. The zero-order chi connectivity index (χ0) is 10.7. The third-order valence-electron chi connectivity index (χ3n) is 2.83. The van der Waals surface area contributed by atoms with Gasteiger partial charge in [0.25, 0.3) is 0 Å². The quantitative estimate of drug-likeness (QED) is 0.836. The Kier molecular flexibility index (Phi) is 3.38. The van der Waals surface area contributed by atoms with Crippen molar-refractivity contribution in [2.45, 2.75) is 26.3 Å². The Labute approximate surface area is 94.9 Å². The summed E-state index contributed by atoms with van der Waals surface area (Å²) in [5.74, 6) is 0. The van der Waals surface area contributed by atoms with Crippen molar-refractivity contribution in [3.8, 4) is 0 Å². The van der Waals surface area contributed by atoms with Crippen LogP contribution in [0.15, 0.2) is 11.6 Å². The normalized spacial score (nSPS) is 20.9. The molecule has 2 rings (SSSR count). The summed E-state index contributed by atoms with van der Waals surface area (Å²) in [5, 5.41) is 6.81. The molecule has 1 atom stereocenters.